The van der Waals surface area contributed by atoms with Crippen LogP contribution in [0.5, 0.6) is 0 Å². The molecule has 122 valence electrons. The maximum atomic E-state index is 6.24. The first-order valence-electron chi connectivity index (χ1n) is 9.30. The number of nitrogens with two attached hydrogens (primary N) is 1. The summed E-state index contributed by atoms with van der Waals surface area (Å²) in [5.41, 5.74) is 6.66. The van der Waals surface area contributed by atoms with Crippen LogP contribution in [0.2, 0.25) is 0 Å². The summed E-state index contributed by atoms with van der Waals surface area (Å²) in [5, 5.41) is 0. The summed E-state index contributed by atoms with van der Waals surface area (Å²) < 4.78 is 0. The van der Waals surface area contributed by atoms with Crippen LogP contribution in [0.4, 0.5) is 0 Å². The molecule has 0 aromatic carbocycles. The molecule has 3 fully saturated rings. The highest BCUT2D eigenvalue weighted by Gasteiger charge is 2.39. The number of piperidine rings is 1. The van der Waals surface area contributed by atoms with Gasteiger partial charge < -0.3 is 5.73 Å². The zero-order valence-corrected chi connectivity index (χ0v) is 14.2. The zero-order chi connectivity index (χ0) is 14.9. The van der Waals surface area contributed by atoms with Crippen molar-refractivity contribution in [3.63, 3.8) is 0 Å². The van der Waals surface area contributed by atoms with Gasteiger partial charge in [0.2, 0.25) is 0 Å². The van der Waals surface area contributed by atoms with E-state index in [0.717, 1.165) is 18.5 Å². The minimum Gasteiger partial charge on any atom is -0.330 e. The predicted molar refractivity (Wildman–Crippen MR) is 89.4 cm³/mol. The average Bonchev–Trinajstić information content (AvgIpc) is 2.50. The van der Waals surface area contributed by atoms with E-state index < -0.39 is 0 Å². The number of hydrogen-bond donors (Lipinski definition) is 1. The van der Waals surface area contributed by atoms with Gasteiger partial charge in [-0.1, -0.05) is 26.2 Å². The summed E-state index contributed by atoms with van der Waals surface area (Å²) in [6.45, 7) is 10.9. The number of rotatable bonds is 3. The van der Waals surface area contributed by atoms with Crippen LogP contribution in [0, 0.1) is 11.3 Å². The quantitative estimate of drug-likeness (QED) is 0.868. The van der Waals surface area contributed by atoms with Crippen molar-refractivity contribution in [1.29, 1.82) is 0 Å². The van der Waals surface area contributed by atoms with Gasteiger partial charge in [-0.15, -0.1) is 0 Å². The molecule has 3 heteroatoms. The smallest absolute Gasteiger partial charge is 0.0223 e. The lowest BCUT2D eigenvalue weighted by atomic mass is 9.70. The average molecular weight is 293 g/mol. The second-order valence-corrected chi connectivity index (χ2v) is 8.31. The Balaban J connectivity index is 1.62. The molecule has 3 aliphatic rings. The van der Waals surface area contributed by atoms with E-state index in [4.69, 9.17) is 5.73 Å². The molecule has 2 atom stereocenters. The second kappa shape index (κ2) is 6.55. The molecule has 0 radical (unpaired) electrons. The third kappa shape index (κ3) is 3.46. The van der Waals surface area contributed by atoms with E-state index in [9.17, 15) is 0 Å². The van der Waals surface area contributed by atoms with Crippen LogP contribution in [0.15, 0.2) is 0 Å². The van der Waals surface area contributed by atoms with Gasteiger partial charge in [-0.3, -0.25) is 9.80 Å². The van der Waals surface area contributed by atoms with Crippen molar-refractivity contribution in [1.82, 2.24) is 9.80 Å². The molecule has 0 bridgehead atoms. The van der Waals surface area contributed by atoms with Crippen molar-refractivity contribution in [2.45, 2.75) is 70.9 Å². The highest BCUT2D eigenvalue weighted by Crippen LogP contribution is 2.39. The SMILES string of the molecule is CC1CCC(CN)(CN2CC3CCCCN3CC2C)CC1. The Morgan fingerprint density at radius 2 is 1.81 bits per heavy atom. The summed E-state index contributed by atoms with van der Waals surface area (Å²) in [6.07, 6.45) is 9.72. The molecule has 3 rings (SSSR count). The van der Waals surface area contributed by atoms with Gasteiger partial charge in [0.1, 0.15) is 0 Å². The first kappa shape index (κ1) is 15.8. The Labute approximate surface area is 131 Å². The maximum absolute atomic E-state index is 6.24. The molecule has 2 heterocycles. The second-order valence-electron chi connectivity index (χ2n) is 8.31. The fourth-order valence-corrected chi connectivity index (χ4v) is 4.87. The normalized spacial score (nSPS) is 42.7. The van der Waals surface area contributed by atoms with Crippen LogP contribution in [0.1, 0.15) is 58.8 Å². The molecule has 0 amide bonds. The highest BCUT2D eigenvalue weighted by molar-refractivity contribution is 4.94. The van der Waals surface area contributed by atoms with Gasteiger partial charge in [0.05, 0.1) is 0 Å². The minimum absolute atomic E-state index is 0.414. The summed E-state index contributed by atoms with van der Waals surface area (Å²) in [5.74, 6) is 0.914. The standard InChI is InChI=1S/C18H35N3/c1-15-6-8-18(13-19,9-7-15)14-21-12-17-5-3-4-10-20(17)11-16(21)2/h15-17H,3-14,19H2,1-2H3. The number of piperazine rings is 1. The first-order chi connectivity index (χ1) is 10.1. The highest BCUT2D eigenvalue weighted by atomic mass is 15.3. The lowest BCUT2D eigenvalue weighted by Crippen LogP contribution is -2.61. The molecule has 21 heavy (non-hydrogen) atoms. The summed E-state index contributed by atoms with van der Waals surface area (Å²) in [4.78, 5) is 5.54. The Morgan fingerprint density at radius 1 is 1.05 bits per heavy atom. The van der Waals surface area contributed by atoms with Crippen molar-refractivity contribution in [2.24, 2.45) is 17.1 Å². The lowest BCUT2D eigenvalue weighted by Gasteiger charge is -2.51. The molecule has 1 aliphatic carbocycles. The van der Waals surface area contributed by atoms with Gasteiger partial charge in [-0.05, 0) is 57.0 Å². The van der Waals surface area contributed by atoms with Gasteiger partial charge >= 0.3 is 0 Å². The summed E-state index contributed by atoms with van der Waals surface area (Å²) in [7, 11) is 0. The van der Waals surface area contributed by atoms with E-state index in [1.54, 1.807) is 0 Å². The topological polar surface area (TPSA) is 32.5 Å². The van der Waals surface area contributed by atoms with Crippen LogP contribution < -0.4 is 5.73 Å². The lowest BCUT2D eigenvalue weighted by molar-refractivity contribution is -0.0156. The molecule has 2 aliphatic heterocycles. The molecule has 0 aromatic rings. The van der Waals surface area contributed by atoms with E-state index in [0.29, 0.717) is 11.5 Å². The first-order valence-corrected chi connectivity index (χ1v) is 9.30. The summed E-state index contributed by atoms with van der Waals surface area (Å²) >= 11 is 0. The minimum atomic E-state index is 0.414. The molecular formula is C18H35N3. The van der Waals surface area contributed by atoms with E-state index >= 15 is 0 Å². The fourth-order valence-electron chi connectivity index (χ4n) is 4.87. The summed E-state index contributed by atoms with van der Waals surface area (Å²) in [6, 6.07) is 1.54. The molecule has 1 saturated carbocycles. The fraction of sp³-hybridized carbons (Fsp3) is 1.00. The molecular weight excluding hydrogens is 258 g/mol. The van der Waals surface area contributed by atoms with E-state index in [1.807, 2.05) is 0 Å². The van der Waals surface area contributed by atoms with Crippen LogP contribution in [0.3, 0.4) is 0 Å². The van der Waals surface area contributed by atoms with Crippen LogP contribution in [-0.4, -0.2) is 54.6 Å². The van der Waals surface area contributed by atoms with Gasteiger partial charge in [-0.25, -0.2) is 0 Å². The Bertz CT molecular complexity index is 335. The van der Waals surface area contributed by atoms with Crippen molar-refractivity contribution >= 4 is 0 Å². The zero-order valence-electron chi connectivity index (χ0n) is 14.2. The molecule has 3 nitrogen and oxygen atoms in total. The third-order valence-electron chi connectivity index (χ3n) is 6.62. The van der Waals surface area contributed by atoms with Gasteiger partial charge in [0, 0.05) is 31.7 Å². The molecule has 0 aromatic heterocycles. The van der Waals surface area contributed by atoms with Gasteiger partial charge in [-0.2, -0.15) is 0 Å². The Kier molecular flexibility index (Phi) is 4.92. The van der Waals surface area contributed by atoms with E-state index in [2.05, 4.69) is 23.6 Å². The Hall–Kier alpha value is -0.120. The Morgan fingerprint density at radius 3 is 2.52 bits per heavy atom. The monoisotopic (exact) mass is 293 g/mol. The molecule has 2 saturated heterocycles. The van der Waals surface area contributed by atoms with Crippen molar-refractivity contribution in [3.8, 4) is 0 Å². The maximum Gasteiger partial charge on any atom is 0.0223 e. The number of nitrogens with zero attached hydrogens (tertiary/aromatic N) is 2. The van der Waals surface area contributed by atoms with Crippen molar-refractivity contribution in [2.75, 3.05) is 32.7 Å². The van der Waals surface area contributed by atoms with Crippen molar-refractivity contribution in [3.05, 3.63) is 0 Å². The van der Waals surface area contributed by atoms with Crippen LogP contribution in [-0.2, 0) is 0 Å². The number of hydrogen-bond acceptors (Lipinski definition) is 3. The van der Waals surface area contributed by atoms with E-state index in [-0.39, 0.29) is 0 Å². The van der Waals surface area contributed by atoms with Gasteiger partial charge in [0.15, 0.2) is 0 Å². The predicted octanol–water partition coefficient (Wildman–Crippen LogP) is 2.70. The van der Waals surface area contributed by atoms with Crippen molar-refractivity contribution < 1.29 is 0 Å². The van der Waals surface area contributed by atoms with Gasteiger partial charge in [0.25, 0.3) is 0 Å². The number of fused-ring (bicyclic) bond motifs is 1. The molecule has 2 unspecified atom stereocenters. The molecule has 2 N–H and O–H groups in total. The third-order valence-corrected chi connectivity index (χ3v) is 6.62. The van der Waals surface area contributed by atoms with E-state index in [1.165, 1.54) is 71.1 Å². The largest absolute Gasteiger partial charge is 0.330 e. The van der Waals surface area contributed by atoms with Crippen LogP contribution in [0.25, 0.3) is 0 Å². The van der Waals surface area contributed by atoms with Crippen LogP contribution >= 0.6 is 0 Å². The molecule has 0 spiro atoms.